The average Bonchev–Trinajstić information content (AvgIpc) is 2.55. The summed E-state index contributed by atoms with van der Waals surface area (Å²) in [5.41, 5.74) is 0.736. The van der Waals surface area contributed by atoms with Crippen LogP contribution >= 0.6 is 0 Å². The number of ether oxygens (including phenoxy) is 2. The number of carbonyl (C=O) groups is 1. The maximum Gasteiger partial charge on any atom is 0.276 e. The highest BCUT2D eigenvalue weighted by molar-refractivity contribution is 6.03. The Balaban J connectivity index is 2.22. The van der Waals surface area contributed by atoms with Crippen LogP contribution in [-0.4, -0.2) is 37.1 Å². The van der Waals surface area contributed by atoms with E-state index in [2.05, 4.69) is 20.6 Å². The third-order valence-corrected chi connectivity index (χ3v) is 2.78. The second kappa shape index (κ2) is 6.56. The first-order chi connectivity index (χ1) is 10.2. The van der Waals surface area contributed by atoms with Crippen molar-refractivity contribution in [1.29, 1.82) is 0 Å². The monoisotopic (exact) mass is 288 g/mol. The lowest BCUT2D eigenvalue weighted by atomic mass is 10.2. The predicted octanol–water partition coefficient (Wildman–Crippen LogP) is 1.79. The highest BCUT2D eigenvalue weighted by Crippen LogP contribution is 2.29. The maximum absolute atomic E-state index is 12.2. The fraction of sp³-hybridized carbons (Fsp3) is 0.214. The number of nitrogens with zero attached hydrogens (tertiary/aromatic N) is 2. The molecule has 0 saturated carbocycles. The molecule has 0 atom stereocenters. The van der Waals surface area contributed by atoms with Gasteiger partial charge in [0, 0.05) is 13.1 Å². The molecule has 0 unspecified atom stereocenters. The van der Waals surface area contributed by atoms with Crippen LogP contribution in [0.25, 0.3) is 0 Å². The highest BCUT2D eigenvalue weighted by atomic mass is 16.5. The van der Waals surface area contributed by atoms with E-state index in [1.54, 1.807) is 32.4 Å². The van der Waals surface area contributed by atoms with Crippen LogP contribution in [0, 0.1) is 0 Å². The number of methoxy groups -OCH3 is 2. The second-order valence-electron chi connectivity index (χ2n) is 4.06. The molecule has 0 aliphatic carbocycles. The third kappa shape index (κ3) is 3.38. The molecule has 0 saturated heterocycles. The summed E-state index contributed by atoms with van der Waals surface area (Å²) >= 11 is 0. The van der Waals surface area contributed by atoms with Gasteiger partial charge in [0.25, 0.3) is 5.91 Å². The molecule has 21 heavy (non-hydrogen) atoms. The lowest BCUT2D eigenvalue weighted by Crippen LogP contribution is -2.15. The zero-order chi connectivity index (χ0) is 15.2. The molecule has 0 fully saturated rings. The Kier molecular flexibility index (Phi) is 4.55. The van der Waals surface area contributed by atoms with Crippen molar-refractivity contribution in [2.45, 2.75) is 0 Å². The van der Waals surface area contributed by atoms with Gasteiger partial charge in [-0.3, -0.25) is 9.78 Å². The van der Waals surface area contributed by atoms with E-state index in [1.165, 1.54) is 19.5 Å². The van der Waals surface area contributed by atoms with Gasteiger partial charge in [-0.15, -0.1) is 0 Å². The van der Waals surface area contributed by atoms with Crippen molar-refractivity contribution in [2.75, 3.05) is 31.9 Å². The Bertz CT molecular complexity index is 646. The molecule has 2 rings (SSSR count). The number of anilines is 2. The minimum atomic E-state index is -0.372. The predicted molar refractivity (Wildman–Crippen MR) is 79.1 cm³/mol. The van der Waals surface area contributed by atoms with Gasteiger partial charge in [0.05, 0.1) is 32.3 Å². The van der Waals surface area contributed by atoms with Crippen molar-refractivity contribution >= 4 is 17.4 Å². The number of benzene rings is 1. The van der Waals surface area contributed by atoms with Gasteiger partial charge < -0.3 is 20.1 Å². The third-order valence-electron chi connectivity index (χ3n) is 2.78. The molecule has 7 nitrogen and oxygen atoms in total. The average molecular weight is 288 g/mol. The van der Waals surface area contributed by atoms with Crippen molar-refractivity contribution in [1.82, 2.24) is 9.97 Å². The molecule has 7 heteroatoms. The summed E-state index contributed by atoms with van der Waals surface area (Å²) in [6.45, 7) is 0. The smallest absolute Gasteiger partial charge is 0.276 e. The van der Waals surface area contributed by atoms with E-state index in [0.29, 0.717) is 23.0 Å². The molecular formula is C14H16N4O3. The summed E-state index contributed by atoms with van der Waals surface area (Å²) < 4.78 is 10.3. The minimum absolute atomic E-state index is 0.208. The van der Waals surface area contributed by atoms with E-state index in [9.17, 15) is 4.79 Å². The van der Waals surface area contributed by atoms with Crippen molar-refractivity contribution < 1.29 is 14.3 Å². The SMILES string of the molecule is CNc1cncc(C(=O)Nc2ccc(OC)cc2OC)n1. The summed E-state index contributed by atoms with van der Waals surface area (Å²) in [7, 11) is 4.79. The van der Waals surface area contributed by atoms with Crippen LogP contribution in [0.1, 0.15) is 10.5 Å². The number of nitrogens with one attached hydrogen (secondary N) is 2. The summed E-state index contributed by atoms with van der Waals surface area (Å²) in [4.78, 5) is 20.3. The highest BCUT2D eigenvalue weighted by Gasteiger charge is 2.12. The number of aromatic nitrogens is 2. The fourth-order valence-electron chi connectivity index (χ4n) is 1.68. The molecule has 2 N–H and O–H groups in total. The van der Waals surface area contributed by atoms with Crippen LogP contribution in [-0.2, 0) is 0 Å². The normalized spacial score (nSPS) is 9.86. The fourth-order valence-corrected chi connectivity index (χ4v) is 1.68. The number of rotatable bonds is 5. The summed E-state index contributed by atoms with van der Waals surface area (Å²) in [6, 6.07) is 5.12. The quantitative estimate of drug-likeness (QED) is 0.872. The lowest BCUT2D eigenvalue weighted by molar-refractivity contribution is 0.102. The first-order valence-electron chi connectivity index (χ1n) is 6.21. The van der Waals surface area contributed by atoms with E-state index < -0.39 is 0 Å². The van der Waals surface area contributed by atoms with Gasteiger partial charge in [-0.2, -0.15) is 0 Å². The van der Waals surface area contributed by atoms with Gasteiger partial charge in [-0.25, -0.2) is 4.98 Å². The van der Waals surface area contributed by atoms with E-state index in [-0.39, 0.29) is 11.6 Å². The molecule has 0 aliphatic rings. The Labute approximate surface area is 122 Å². The largest absolute Gasteiger partial charge is 0.497 e. The van der Waals surface area contributed by atoms with Crippen molar-refractivity contribution in [2.24, 2.45) is 0 Å². The molecule has 0 spiro atoms. The molecule has 0 aliphatic heterocycles. The Hall–Kier alpha value is -2.83. The van der Waals surface area contributed by atoms with Gasteiger partial charge in [0.15, 0.2) is 0 Å². The van der Waals surface area contributed by atoms with E-state index >= 15 is 0 Å². The number of hydrogen-bond acceptors (Lipinski definition) is 6. The second-order valence-corrected chi connectivity index (χ2v) is 4.06. The Morgan fingerprint density at radius 1 is 1.19 bits per heavy atom. The number of amides is 1. The molecule has 110 valence electrons. The number of carbonyl (C=O) groups excluding carboxylic acids is 1. The van der Waals surface area contributed by atoms with Crippen LogP contribution in [0.3, 0.4) is 0 Å². The van der Waals surface area contributed by atoms with Gasteiger partial charge in [-0.05, 0) is 12.1 Å². The van der Waals surface area contributed by atoms with Gasteiger partial charge in [-0.1, -0.05) is 0 Å². The Morgan fingerprint density at radius 2 is 2.00 bits per heavy atom. The first-order valence-corrected chi connectivity index (χ1v) is 6.21. The van der Waals surface area contributed by atoms with Crippen LogP contribution in [0.4, 0.5) is 11.5 Å². The summed E-state index contributed by atoms with van der Waals surface area (Å²) in [6.07, 6.45) is 2.93. The van der Waals surface area contributed by atoms with Crippen LogP contribution in [0.5, 0.6) is 11.5 Å². The van der Waals surface area contributed by atoms with Crippen LogP contribution in [0.15, 0.2) is 30.6 Å². The molecule has 1 heterocycles. The molecule has 1 amide bonds. The first kappa shape index (κ1) is 14.6. The number of hydrogen-bond donors (Lipinski definition) is 2. The van der Waals surface area contributed by atoms with Crippen molar-refractivity contribution in [3.05, 3.63) is 36.3 Å². The van der Waals surface area contributed by atoms with Crippen LogP contribution < -0.4 is 20.1 Å². The lowest BCUT2D eigenvalue weighted by Gasteiger charge is -2.11. The topological polar surface area (TPSA) is 85.4 Å². The van der Waals surface area contributed by atoms with E-state index in [4.69, 9.17) is 9.47 Å². The standard InChI is InChI=1S/C14H16N4O3/c1-15-13-8-16-7-11(17-13)14(19)18-10-5-4-9(20-2)6-12(10)21-3/h4-8H,1-3H3,(H,15,17)(H,18,19). The van der Waals surface area contributed by atoms with Gasteiger partial charge >= 0.3 is 0 Å². The van der Waals surface area contributed by atoms with Crippen LogP contribution in [0.2, 0.25) is 0 Å². The van der Waals surface area contributed by atoms with Crippen molar-refractivity contribution in [3.63, 3.8) is 0 Å². The molecule has 0 bridgehead atoms. The molecular weight excluding hydrogens is 272 g/mol. The maximum atomic E-state index is 12.2. The molecule has 2 aromatic rings. The van der Waals surface area contributed by atoms with E-state index in [1.807, 2.05) is 0 Å². The van der Waals surface area contributed by atoms with Gasteiger partial charge in [0.1, 0.15) is 23.0 Å². The minimum Gasteiger partial charge on any atom is -0.497 e. The Morgan fingerprint density at radius 3 is 2.67 bits per heavy atom. The summed E-state index contributed by atoms with van der Waals surface area (Å²) in [5.74, 6) is 1.29. The van der Waals surface area contributed by atoms with Crippen molar-refractivity contribution in [3.8, 4) is 11.5 Å². The molecule has 1 aromatic heterocycles. The van der Waals surface area contributed by atoms with E-state index in [0.717, 1.165) is 0 Å². The van der Waals surface area contributed by atoms with Gasteiger partial charge in [0.2, 0.25) is 0 Å². The summed E-state index contributed by atoms with van der Waals surface area (Å²) in [5, 5.41) is 5.56. The zero-order valence-corrected chi connectivity index (χ0v) is 12.0. The molecule has 1 aromatic carbocycles. The molecule has 0 radical (unpaired) electrons. The zero-order valence-electron chi connectivity index (χ0n) is 12.0.